The standard InChI is InChI=1S/C10H15N3O4/c1-15-3-4-17-10-7(16-2)5-6(11)8(13-10)9(12)14/h5H,3-4,11H2,1-2H3,(H2,12,14). The van der Waals surface area contributed by atoms with E-state index in [1.165, 1.54) is 13.2 Å². The first-order chi connectivity index (χ1) is 8.10. The highest BCUT2D eigenvalue weighted by Crippen LogP contribution is 2.28. The Kier molecular flexibility index (Phi) is 4.53. The van der Waals surface area contributed by atoms with E-state index in [1.54, 1.807) is 7.11 Å². The van der Waals surface area contributed by atoms with Gasteiger partial charge in [0.1, 0.15) is 6.61 Å². The number of nitrogens with zero attached hydrogens (tertiary/aromatic N) is 1. The molecule has 0 radical (unpaired) electrons. The van der Waals surface area contributed by atoms with E-state index >= 15 is 0 Å². The molecule has 7 heteroatoms. The van der Waals surface area contributed by atoms with Crippen molar-refractivity contribution in [2.45, 2.75) is 0 Å². The van der Waals surface area contributed by atoms with Crippen LogP contribution in [0.3, 0.4) is 0 Å². The highest BCUT2D eigenvalue weighted by Gasteiger charge is 2.15. The van der Waals surface area contributed by atoms with Gasteiger partial charge in [-0.05, 0) is 0 Å². The molecule has 1 heterocycles. The van der Waals surface area contributed by atoms with Gasteiger partial charge in [0, 0.05) is 13.2 Å². The lowest BCUT2D eigenvalue weighted by molar-refractivity contribution is 0.0994. The molecular formula is C10H15N3O4. The lowest BCUT2D eigenvalue weighted by Crippen LogP contribution is -2.17. The van der Waals surface area contributed by atoms with Crippen molar-refractivity contribution >= 4 is 11.6 Å². The van der Waals surface area contributed by atoms with Crippen molar-refractivity contribution in [1.29, 1.82) is 0 Å². The number of ether oxygens (including phenoxy) is 3. The molecule has 17 heavy (non-hydrogen) atoms. The van der Waals surface area contributed by atoms with Crippen LogP contribution in [-0.2, 0) is 4.74 Å². The van der Waals surface area contributed by atoms with Gasteiger partial charge in [0.15, 0.2) is 11.4 Å². The van der Waals surface area contributed by atoms with Crippen LogP contribution in [0.4, 0.5) is 5.69 Å². The van der Waals surface area contributed by atoms with Crippen molar-refractivity contribution in [3.05, 3.63) is 11.8 Å². The number of amides is 1. The summed E-state index contributed by atoms with van der Waals surface area (Å²) < 4.78 is 15.1. The zero-order valence-electron chi connectivity index (χ0n) is 9.73. The van der Waals surface area contributed by atoms with Gasteiger partial charge in [-0.15, -0.1) is 0 Å². The molecule has 0 unspecified atom stereocenters. The molecule has 0 saturated carbocycles. The van der Waals surface area contributed by atoms with Gasteiger partial charge < -0.3 is 25.7 Å². The number of nitrogen functional groups attached to an aromatic ring is 1. The molecule has 94 valence electrons. The minimum Gasteiger partial charge on any atom is -0.491 e. The average molecular weight is 241 g/mol. The maximum Gasteiger partial charge on any atom is 0.269 e. The number of hydrogen-bond acceptors (Lipinski definition) is 6. The first-order valence-corrected chi connectivity index (χ1v) is 4.86. The molecule has 0 aromatic carbocycles. The maximum absolute atomic E-state index is 11.1. The van der Waals surface area contributed by atoms with Crippen LogP contribution >= 0.6 is 0 Å². The van der Waals surface area contributed by atoms with Gasteiger partial charge in [-0.3, -0.25) is 4.79 Å². The molecular weight excluding hydrogens is 226 g/mol. The van der Waals surface area contributed by atoms with Crippen molar-refractivity contribution in [1.82, 2.24) is 4.98 Å². The van der Waals surface area contributed by atoms with E-state index in [0.717, 1.165) is 0 Å². The molecule has 4 N–H and O–H groups in total. The fraction of sp³-hybridized carbons (Fsp3) is 0.400. The van der Waals surface area contributed by atoms with Gasteiger partial charge in [-0.2, -0.15) is 0 Å². The molecule has 0 saturated heterocycles. The number of carbonyl (C=O) groups excluding carboxylic acids is 1. The number of hydrogen-bond donors (Lipinski definition) is 2. The first-order valence-electron chi connectivity index (χ1n) is 4.86. The molecule has 1 rings (SSSR count). The third-order valence-electron chi connectivity index (χ3n) is 1.96. The van der Waals surface area contributed by atoms with Crippen molar-refractivity contribution in [3.8, 4) is 11.6 Å². The fourth-order valence-electron chi connectivity index (χ4n) is 1.16. The van der Waals surface area contributed by atoms with Crippen LogP contribution in [0.25, 0.3) is 0 Å². The molecule has 1 amide bonds. The monoisotopic (exact) mass is 241 g/mol. The lowest BCUT2D eigenvalue weighted by atomic mass is 10.3. The minimum absolute atomic E-state index is 0.0433. The van der Waals surface area contributed by atoms with Gasteiger partial charge in [-0.1, -0.05) is 0 Å². The molecule has 0 aliphatic heterocycles. The quantitative estimate of drug-likeness (QED) is 0.667. The number of nitrogens with two attached hydrogens (primary N) is 2. The summed E-state index contributed by atoms with van der Waals surface area (Å²) in [6.07, 6.45) is 0. The van der Waals surface area contributed by atoms with Gasteiger partial charge >= 0.3 is 0 Å². The average Bonchev–Trinajstić information content (AvgIpc) is 2.30. The summed E-state index contributed by atoms with van der Waals surface area (Å²) in [6, 6.07) is 1.44. The number of anilines is 1. The summed E-state index contributed by atoms with van der Waals surface area (Å²) in [5.41, 5.74) is 10.8. The summed E-state index contributed by atoms with van der Waals surface area (Å²) >= 11 is 0. The van der Waals surface area contributed by atoms with Crippen LogP contribution in [0.5, 0.6) is 11.6 Å². The Morgan fingerprint density at radius 3 is 2.65 bits per heavy atom. The molecule has 7 nitrogen and oxygen atoms in total. The van der Waals surface area contributed by atoms with E-state index < -0.39 is 5.91 Å². The second kappa shape index (κ2) is 5.90. The summed E-state index contributed by atoms with van der Waals surface area (Å²) in [5, 5.41) is 0. The molecule has 0 aliphatic carbocycles. The Morgan fingerprint density at radius 2 is 2.12 bits per heavy atom. The highest BCUT2D eigenvalue weighted by atomic mass is 16.5. The number of methoxy groups -OCH3 is 2. The van der Waals surface area contributed by atoms with E-state index in [2.05, 4.69) is 4.98 Å². The van der Waals surface area contributed by atoms with Crippen molar-refractivity contribution in [2.75, 3.05) is 33.2 Å². The summed E-state index contributed by atoms with van der Waals surface area (Å²) in [7, 11) is 3.00. The third-order valence-corrected chi connectivity index (χ3v) is 1.96. The Hall–Kier alpha value is -2.02. The molecule has 0 fully saturated rings. The van der Waals surface area contributed by atoms with E-state index in [-0.39, 0.29) is 23.9 Å². The summed E-state index contributed by atoms with van der Waals surface area (Å²) in [4.78, 5) is 15.0. The van der Waals surface area contributed by atoms with E-state index in [1.807, 2.05) is 0 Å². The number of pyridine rings is 1. The van der Waals surface area contributed by atoms with E-state index in [4.69, 9.17) is 25.7 Å². The molecule has 0 spiro atoms. The molecule has 1 aromatic rings. The van der Waals surface area contributed by atoms with E-state index in [9.17, 15) is 4.79 Å². The van der Waals surface area contributed by atoms with Crippen LogP contribution in [0.15, 0.2) is 6.07 Å². The van der Waals surface area contributed by atoms with Crippen molar-refractivity contribution in [3.63, 3.8) is 0 Å². The zero-order valence-corrected chi connectivity index (χ0v) is 9.73. The van der Waals surface area contributed by atoms with Gasteiger partial charge in [0.2, 0.25) is 0 Å². The van der Waals surface area contributed by atoms with E-state index in [0.29, 0.717) is 12.4 Å². The van der Waals surface area contributed by atoms with Crippen molar-refractivity contribution < 1.29 is 19.0 Å². The summed E-state index contributed by atoms with van der Waals surface area (Å²) in [5.74, 6) is -0.224. The van der Waals surface area contributed by atoms with Crippen molar-refractivity contribution in [2.24, 2.45) is 5.73 Å². The second-order valence-electron chi connectivity index (χ2n) is 3.14. The Bertz CT molecular complexity index is 409. The summed E-state index contributed by atoms with van der Waals surface area (Å²) in [6.45, 7) is 0.670. The van der Waals surface area contributed by atoms with Crippen LogP contribution in [-0.4, -0.2) is 38.3 Å². The number of rotatable bonds is 6. The molecule has 0 bridgehead atoms. The Labute approximate surface area is 98.7 Å². The topological polar surface area (TPSA) is 110 Å². The second-order valence-corrected chi connectivity index (χ2v) is 3.14. The number of aromatic nitrogens is 1. The molecule has 1 aromatic heterocycles. The minimum atomic E-state index is -0.721. The van der Waals surface area contributed by atoms with Gasteiger partial charge in [0.05, 0.1) is 19.4 Å². The molecule has 0 atom stereocenters. The lowest BCUT2D eigenvalue weighted by Gasteiger charge is -2.11. The predicted molar refractivity (Wildman–Crippen MR) is 61.1 cm³/mol. The van der Waals surface area contributed by atoms with Crippen LogP contribution in [0.1, 0.15) is 10.5 Å². The van der Waals surface area contributed by atoms with Gasteiger partial charge in [0.25, 0.3) is 11.8 Å². The Balaban J connectivity index is 2.99. The molecule has 0 aliphatic rings. The zero-order chi connectivity index (χ0) is 12.8. The van der Waals surface area contributed by atoms with Crippen LogP contribution < -0.4 is 20.9 Å². The SMILES string of the molecule is COCCOc1nc(C(N)=O)c(N)cc1OC. The third kappa shape index (κ3) is 3.22. The van der Waals surface area contributed by atoms with Crippen LogP contribution in [0, 0.1) is 0 Å². The smallest absolute Gasteiger partial charge is 0.269 e. The first kappa shape index (κ1) is 13.0. The highest BCUT2D eigenvalue weighted by molar-refractivity contribution is 5.96. The largest absolute Gasteiger partial charge is 0.491 e. The number of carbonyl (C=O) groups is 1. The predicted octanol–water partition coefficient (Wildman–Crippen LogP) is -0.203. The fourth-order valence-corrected chi connectivity index (χ4v) is 1.16. The van der Waals surface area contributed by atoms with Crippen LogP contribution in [0.2, 0.25) is 0 Å². The van der Waals surface area contributed by atoms with Gasteiger partial charge in [-0.25, -0.2) is 4.98 Å². The normalized spacial score (nSPS) is 10.0. The number of primary amides is 1. The maximum atomic E-state index is 11.1. The Morgan fingerprint density at radius 1 is 1.41 bits per heavy atom.